The van der Waals surface area contributed by atoms with Gasteiger partial charge in [-0.1, -0.05) is 29.8 Å². The van der Waals surface area contributed by atoms with E-state index < -0.39 is 0 Å². The van der Waals surface area contributed by atoms with Gasteiger partial charge in [-0.3, -0.25) is 4.79 Å². The van der Waals surface area contributed by atoms with Gasteiger partial charge in [0, 0.05) is 18.6 Å². The second-order valence-corrected chi connectivity index (χ2v) is 5.39. The Morgan fingerprint density at radius 3 is 2.94 bits per heavy atom. The smallest absolute Gasteiger partial charge is 0.227 e. The molecule has 1 heterocycles. The quantitative estimate of drug-likeness (QED) is 0.866. The van der Waals surface area contributed by atoms with E-state index in [1.54, 1.807) is 0 Å². The molecule has 2 N–H and O–H groups in total. The van der Waals surface area contributed by atoms with Crippen molar-refractivity contribution in [1.82, 2.24) is 4.90 Å². The highest BCUT2D eigenvalue weighted by molar-refractivity contribution is 5.79. The van der Waals surface area contributed by atoms with E-state index in [-0.39, 0.29) is 18.0 Å². The van der Waals surface area contributed by atoms with Crippen molar-refractivity contribution in [2.75, 3.05) is 6.54 Å². The van der Waals surface area contributed by atoms with E-state index in [1.165, 1.54) is 5.56 Å². The van der Waals surface area contributed by atoms with Gasteiger partial charge in [-0.05, 0) is 32.3 Å². The first-order chi connectivity index (χ1) is 8.56. The molecule has 98 valence electrons. The van der Waals surface area contributed by atoms with Crippen LogP contribution in [0.2, 0.25) is 0 Å². The van der Waals surface area contributed by atoms with E-state index in [1.807, 2.05) is 17.0 Å². The number of piperidine rings is 1. The lowest BCUT2D eigenvalue weighted by Crippen LogP contribution is -2.48. The number of carbonyl (C=O) groups is 1. The Morgan fingerprint density at radius 2 is 2.28 bits per heavy atom. The predicted octanol–water partition coefficient (Wildman–Crippen LogP) is 1.88. The molecule has 3 heteroatoms. The van der Waals surface area contributed by atoms with Crippen LogP contribution in [0.25, 0.3) is 0 Å². The number of amides is 1. The normalized spacial score (nSPS) is 24.1. The molecule has 0 spiro atoms. The Balaban J connectivity index is 1.99. The lowest BCUT2D eigenvalue weighted by atomic mass is 9.98. The molecule has 0 unspecified atom stereocenters. The average molecular weight is 246 g/mol. The van der Waals surface area contributed by atoms with Crippen molar-refractivity contribution >= 4 is 5.91 Å². The lowest BCUT2D eigenvalue weighted by molar-refractivity contribution is -0.133. The molecule has 1 aliphatic heterocycles. The minimum absolute atomic E-state index is 0.222. The minimum Gasteiger partial charge on any atom is -0.340 e. The van der Waals surface area contributed by atoms with Gasteiger partial charge >= 0.3 is 0 Å². The van der Waals surface area contributed by atoms with Gasteiger partial charge in [0.2, 0.25) is 5.91 Å². The number of hydrogen-bond acceptors (Lipinski definition) is 2. The van der Waals surface area contributed by atoms with Crippen LogP contribution < -0.4 is 5.73 Å². The maximum atomic E-state index is 12.3. The molecule has 0 aromatic heterocycles. The fraction of sp³-hybridized carbons (Fsp3) is 0.533. The Hall–Kier alpha value is -1.35. The molecule has 0 saturated carbocycles. The summed E-state index contributed by atoms with van der Waals surface area (Å²) in [5.41, 5.74) is 8.22. The molecule has 1 saturated heterocycles. The van der Waals surface area contributed by atoms with Gasteiger partial charge < -0.3 is 10.6 Å². The zero-order chi connectivity index (χ0) is 13.1. The molecule has 0 bridgehead atoms. The number of benzene rings is 1. The van der Waals surface area contributed by atoms with E-state index in [0.29, 0.717) is 6.42 Å². The minimum atomic E-state index is 0.222. The predicted molar refractivity (Wildman–Crippen MR) is 73.3 cm³/mol. The molecule has 2 atom stereocenters. The van der Waals surface area contributed by atoms with Crippen molar-refractivity contribution in [1.29, 1.82) is 0 Å². The number of aryl methyl sites for hydroxylation is 1. The maximum absolute atomic E-state index is 12.3. The Kier molecular flexibility index (Phi) is 4.02. The molecule has 18 heavy (non-hydrogen) atoms. The highest BCUT2D eigenvalue weighted by Crippen LogP contribution is 2.17. The van der Waals surface area contributed by atoms with Crippen LogP contribution in [0.3, 0.4) is 0 Å². The topological polar surface area (TPSA) is 46.3 Å². The monoisotopic (exact) mass is 246 g/mol. The molecular formula is C15H22N2O. The van der Waals surface area contributed by atoms with Crippen LogP contribution in [0.5, 0.6) is 0 Å². The highest BCUT2D eigenvalue weighted by Gasteiger charge is 2.26. The highest BCUT2D eigenvalue weighted by atomic mass is 16.2. The second-order valence-electron chi connectivity index (χ2n) is 5.39. The van der Waals surface area contributed by atoms with Gasteiger partial charge in [0.15, 0.2) is 0 Å². The molecule has 1 fully saturated rings. The van der Waals surface area contributed by atoms with E-state index in [9.17, 15) is 4.79 Å². The number of hydrogen-bond donors (Lipinski definition) is 1. The summed E-state index contributed by atoms with van der Waals surface area (Å²) in [4.78, 5) is 14.3. The summed E-state index contributed by atoms with van der Waals surface area (Å²) in [5.74, 6) is 0.222. The Bertz CT molecular complexity index is 430. The second kappa shape index (κ2) is 5.53. The number of rotatable bonds is 2. The van der Waals surface area contributed by atoms with Crippen LogP contribution in [0.4, 0.5) is 0 Å². The third-order valence-electron chi connectivity index (χ3n) is 3.67. The van der Waals surface area contributed by atoms with Crippen LogP contribution in [0.1, 0.15) is 30.9 Å². The summed E-state index contributed by atoms with van der Waals surface area (Å²) in [5, 5.41) is 0. The third kappa shape index (κ3) is 3.10. The third-order valence-corrected chi connectivity index (χ3v) is 3.67. The molecule has 0 aliphatic carbocycles. The molecule has 0 radical (unpaired) electrons. The number of likely N-dealkylation sites (tertiary alicyclic amines) is 1. The first-order valence-electron chi connectivity index (χ1n) is 6.67. The zero-order valence-corrected chi connectivity index (χ0v) is 11.2. The zero-order valence-electron chi connectivity index (χ0n) is 11.2. The van der Waals surface area contributed by atoms with Crippen molar-refractivity contribution < 1.29 is 4.79 Å². The first-order valence-corrected chi connectivity index (χ1v) is 6.67. The van der Waals surface area contributed by atoms with E-state index in [2.05, 4.69) is 26.0 Å². The summed E-state index contributed by atoms with van der Waals surface area (Å²) in [6, 6.07) is 8.68. The maximum Gasteiger partial charge on any atom is 0.227 e. The fourth-order valence-electron chi connectivity index (χ4n) is 2.68. The molecule has 3 nitrogen and oxygen atoms in total. The van der Waals surface area contributed by atoms with Crippen LogP contribution in [0, 0.1) is 6.92 Å². The first kappa shape index (κ1) is 13.1. The summed E-state index contributed by atoms with van der Waals surface area (Å²) in [7, 11) is 0. The molecule has 1 aromatic carbocycles. The molecule has 1 aliphatic rings. The number of nitrogens with zero attached hydrogens (tertiary/aromatic N) is 1. The van der Waals surface area contributed by atoms with Crippen LogP contribution in [0.15, 0.2) is 24.3 Å². The molecule has 1 aromatic rings. The van der Waals surface area contributed by atoms with Gasteiger partial charge in [0.1, 0.15) is 0 Å². The van der Waals surface area contributed by atoms with Gasteiger partial charge in [-0.15, -0.1) is 0 Å². The van der Waals surface area contributed by atoms with Crippen molar-refractivity contribution in [3.63, 3.8) is 0 Å². The van der Waals surface area contributed by atoms with Crippen molar-refractivity contribution in [2.45, 2.75) is 45.2 Å². The summed E-state index contributed by atoms with van der Waals surface area (Å²) < 4.78 is 0. The average Bonchev–Trinajstić information content (AvgIpc) is 2.28. The summed E-state index contributed by atoms with van der Waals surface area (Å²) in [6.07, 6.45) is 2.34. The van der Waals surface area contributed by atoms with Crippen molar-refractivity contribution in [3.05, 3.63) is 35.4 Å². The van der Waals surface area contributed by atoms with E-state index in [4.69, 9.17) is 5.73 Å². The Morgan fingerprint density at radius 1 is 1.50 bits per heavy atom. The number of carbonyl (C=O) groups excluding carboxylic acids is 1. The van der Waals surface area contributed by atoms with Crippen LogP contribution in [-0.2, 0) is 11.2 Å². The van der Waals surface area contributed by atoms with Gasteiger partial charge in [-0.2, -0.15) is 0 Å². The molecule has 1 amide bonds. The van der Waals surface area contributed by atoms with Crippen LogP contribution >= 0.6 is 0 Å². The van der Waals surface area contributed by atoms with Gasteiger partial charge in [-0.25, -0.2) is 0 Å². The number of nitrogens with two attached hydrogens (primary N) is 1. The Labute approximate surface area is 109 Å². The molecular weight excluding hydrogens is 224 g/mol. The van der Waals surface area contributed by atoms with Gasteiger partial charge in [0.05, 0.1) is 6.42 Å². The van der Waals surface area contributed by atoms with E-state index in [0.717, 1.165) is 24.9 Å². The van der Waals surface area contributed by atoms with E-state index >= 15 is 0 Å². The largest absolute Gasteiger partial charge is 0.340 e. The SMILES string of the molecule is Cc1cccc(CC(=O)N2CC[C@H](N)C[C@H]2C)c1. The summed E-state index contributed by atoms with van der Waals surface area (Å²) in [6.45, 7) is 4.94. The van der Waals surface area contributed by atoms with Crippen LogP contribution in [-0.4, -0.2) is 29.4 Å². The van der Waals surface area contributed by atoms with Gasteiger partial charge in [0.25, 0.3) is 0 Å². The van der Waals surface area contributed by atoms with Crippen molar-refractivity contribution in [3.8, 4) is 0 Å². The summed E-state index contributed by atoms with van der Waals surface area (Å²) >= 11 is 0. The molecule has 2 rings (SSSR count). The lowest BCUT2D eigenvalue weighted by Gasteiger charge is -2.36. The van der Waals surface area contributed by atoms with Crippen molar-refractivity contribution in [2.24, 2.45) is 5.73 Å². The standard InChI is InChI=1S/C15H22N2O/c1-11-4-3-5-13(8-11)10-15(18)17-7-6-14(16)9-12(17)2/h3-5,8,12,14H,6-7,9-10,16H2,1-2H3/t12-,14+/m1/s1. The fourth-order valence-corrected chi connectivity index (χ4v) is 2.68.